The lowest BCUT2D eigenvalue weighted by Crippen LogP contribution is -2.20. The van der Waals surface area contributed by atoms with Crippen LogP contribution in [-0.2, 0) is 16.4 Å². The van der Waals surface area contributed by atoms with Crippen molar-refractivity contribution in [1.29, 1.82) is 0 Å². The molecular formula is C13H13N3O4S. The molecule has 0 bridgehead atoms. The number of aromatic carboxylic acids is 1. The molecule has 0 aromatic carbocycles. The third-order valence-corrected chi connectivity index (χ3v) is 3.96. The van der Waals surface area contributed by atoms with Gasteiger partial charge in [0.05, 0.1) is 11.4 Å². The molecule has 0 amide bonds. The lowest BCUT2D eigenvalue weighted by atomic mass is 10.2. The largest absolute Gasteiger partial charge is 0.476 e. The summed E-state index contributed by atoms with van der Waals surface area (Å²) in [6.07, 6.45) is 4.76. The zero-order chi connectivity index (χ0) is 15.3. The van der Waals surface area contributed by atoms with E-state index < -0.39 is 16.0 Å². The van der Waals surface area contributed by atoms with Crippen molar-refractivity contribution in [1.82, 2.24) is 9.97 Å². The first kappa shape index (κ1) is 14.9. The number of aromatic nitrogens is 2. The van der Waals surface area contributed by atoms with Crippen LogP contribution in [0, 0.1) is 0 Å². The molecule has 7 nitrogen and oxygen atoms in total. The van der Waals surface area contributed by atoms with Crippen LogP contribution in [0.5, 0.6) is 0 Å². The molecule has 0 saturated carbocycles. The van der Waals surface area contributed by atoms with Crippen molar-refractivity contribution in [3.8, 4) is 0 Å². The number of rotatable bonds is 6. The number of hydrogen-bond acceptors (Lipinski definition) is 5. The van der Waals surface area contributed by atoms with Crippen molar-refractivity contribution < 1.29 is 18.3 Å². The molecular weight excluding hydrogens is 294 g/mol. The third-order valence-electron chi connectivity index (χ3n) is 2.68. The molecule has 2 aromatic heterocycles. The van der Waals surface area contributed by atoms with E-state index in [0.717, 1.165) is 5.56 Å². The molecule has 2 N–H and O–H groups in total. The first-order valence-electron chi connectivity index (χ1n) is 6.05. The van der Waals surface area contributed by atoms with Crippen LogP contribution in [0.2, 0.25) is 0 Å². The molecule has 21 heavy (non-hydrogen) atoms. The Hall–Kier alpha value is -2.48. The zero-order valence-corrected chi connectivity index (χ0v) is 11.7. The maximum Gasteiger partial charge on any atom is 0.356 e. The van der Waals surface area contributed by atoms with Crippen molar-refractivity contribution >= 4 is 21.7 Å². The molecule has 2 heterocycles. The van der Waals surface area contributed by atoms with Gasteiger partial charge in [-0.2, -0.15) is 0 Å². The van der Waals surface area contributed by atoms with Gasteiger partial charge in [-0.05, 0) is 36.2 Å². The molecule has 0 unspecified atom stereocenters. The van der Waals surface area contributed by atoms with E-state index in [1.807, 2.05) is 0 Å². The monoisotopic (exact) mass is 307 g/mol. The van der Waals surface area contributed by atoms with Gasteiger partial charge < -0.3 is 5.11 Å². The molecule has 0 radical (unpaired) electrons. The number of carboxylic acid groups (broad SMARTS) is 1. The van der Waals surface area contributed by atoms with Crippen LogP contribution < -0.4 is 4.72 Å². The number of sulfonamides is 1. The lowest BCUT2D eigenvalue weighted by Gasteiger charge is -2.09. The van der Waals surface area contributed by atoms with E-state index in [1.54, 1.807) is 24.5 Å². The molecule has 0 aliphatic rings. The third kappa shape index (κ3) is 4.25. The minimum absolute atomic E-state index is 0.0419. The predicted molar refractivity (Wildman–Crippen MR) is 76.5 cm³/mol. The second-order valence-corrected chi connectivity index (χ2v) is 6.07. The maximum atomic E-state index is 12.0. The molecule has 2 rings (SSSR count). The second kappa shape index (κ2) is 6.31. The Labute approximate surface area is 121 Å². The SMILES string of the molecule is O=C(O)c1ncccc1NS(=O)(=O)CCc1ccncc1. The van der Waals surface area contributed by atoms with E-state index in [9.17, 15) is 13.2 Å². The van der Waals surface area contributed by atoms with Crippen LogP contribution in [-0.4, -0.2) is 35.2 Å². The van der Waals surface area contributed by atoms with E-state index in [-0.39, 0.29) is 17.1 Å². The average molecular weight is 307 g/mol. The van der Waals surface area contributed by atoms with E-state index in [2.05, 4.69) is 14.7 Å². The molecule has 110 valence electrons. The molecule has 0 aliphatic carbocycles. The van der Waals surface area contributed by atoms with Gasteiger partial charge in [-0.25, -0.2) is 18.2 Å². The van der Waals surface area contributed by atoms with E-state index in [0.29, 0.717) is 6.42 Å². The molecule has 8 heteroatoms. The summed E-state index contributed by atoms with van der Waals surface area (Å²) in [6, 6.07) is 6.28. The normalized spacial score (nSPS) is 11.0. The number of nitrogens with zero attached hydrogens (tertiary/aromatic N) is 2. The first-order valence-corrected chi connectivity index (χ1v) is 7.71. The minimum Gasteiger partial charge on any atom is -0.476 e. The van der Waals surface area contributed by atoms with Crippen LogP contribution in [0.15, 0.2) is 42.9 Å². The van der Waals surface area contributed by atoms with E-state index in [4.69, 9.17) is 5.11 Å². The smallest absolute Gasteiger partial charge is 0.356 e. The Morgan fingerprint density at radius 3 is 2.57 bits per heavy atom. The number of nitrogens with one attached hydrogen (secondary N) is 1. The van der Waals surface area contributed by atoms with Crippen molar-refractivity contribution in [2.24, 2.45) is 0 Å². The highest BCUT2D eigenvalue weighted by atomic mass is 32.2. The minimum atomic E-state index is -3.66. The van der Waals surface area contributed by atoms with Gasteiger partial charge in [0, 0.05) is 18.6 Å². The Balaban J connectivity index is 2.10. The van der Waals surface area contributed by atoms with Crippen molar-refractivity contribution in [3.05, 3.63) is 54.1 Å². The standard InChI is InChI=1S/C13H13N3O4S/c17-13(18)12-11(2-1-6-15-12)16-21(19,20)9-5-10-3-7-14-8-4-10/h1-4,6-8,16H,5,9H2,(H,17,18). The fourth-order valence-electron chi connectivity index (χ4n) is 1.68. The van der Waals surface area contributed by atoms with Gasteiger partial charge in [0.2, 0.25) is 10.0 Å². The zero-order valence-electron chi connectivity index (χ0n) is 10.9. The molecule has 0 atom stereocenters. The molecule has 0 spiro atoms. The fraction of sp³-hybridized carbons (Fsp3) is 0.154. The maximum absolute atomic E-state index is 12.0. The molecule has 0 aliphatic heterocycles. The first-order chi connectivity index (χ1) is 9.98. The summed E-state index contributed by atoms with van der Waals surface area (Å²) in [6.45, 7) is 0. The van der Waals surface area contributed by atoms with Crippen LogP contribution in [0.25, 0.3) is 0 Å². The van der Waals surface area contributed by atoms with Gasteiger partial charge in [0.15, 0.2) is 5.69 Å². The topological polar surface area (TPSA) is 109 Å². The van der Waals surface area contributed by atoms with E-state index in [1.165, 1.54) is 18.3 Å². The van der Waals surface area contributed by atoms with Gasteiger partial charge in [-0.3, -0.25) is 9.71 Å². The van der Waals surface area contributed by atoms with Crippen molar-refractivity contribution in [2.75, 3.05) is 10.5 Å². The Morgan fingerprint density at radius 1 is 1.19 bits per heavy atom. The summed E-state index contributed by atoms with van der Waals surface area (Å²) >= 11 is 0. The lowest BCUT2D eigenvalue weighted by molar-refractivity contribution is 0.0692. The van der Waals surface area contributed by atoms with Gasteiger partial charge in [0.1, 0.15) is 0 Å². The molecule has 0 saturated heterocycles. The Morgan fingerprint density at radius 2 is 1.90 bits per heavy atom. The Bertz CT molecular complexity index is 732. The molecule has 2 aromatic rings. The molecule has 0 fully saturated rings. The summed E-state index contributed by atoms with van der Waals surface area (Å²) in [5, 5.41) is 8.97. The van der Waals surface area contributed by atoms with Crippen molar-refractivity contribution in [3.63, 3.8) is 0 Å². The number of carbonyl (C=O) groups is 1. The highest BCUT2D eigenvalue weighted by Crippen LogP contribution is 2.14. The van der Waals surface area contributed by atoms with Crippen LogP contribution in [0.1, 0.15) is 16.1 Å². The summed E-state index contributed by atoms with van der Waals surface area (Å²) in [5.74, 6) is -1.45. The number of pyridine rings is 2. The van der Waals surface area contributed by atoms with Gasteiger partial charge in [-0.1, -0.05) is 0 Å². The number of hydrogen-bond donors (Lipinski definition) is 2. The average Bonchev–Trinajstić information content (AvgIpc) is 2.46. The Kier molecular flexibility index (Phi) is 4.49. The van der Waals surface area contributed by atoms with Crippen molar-refractivity contribution in [2.45, 2.75) is 6.42 Å². The summed E-state index contributed by atoms with van der Waals surface area (Å²) in [7, 11) is -3.66. The fourth-order valence-corrected chi connectivity index (χ4v) is 2.78. The van der Waals surface area contributed by atoms with Gasteiger partial charge in [-0.15, -0.1) is 0 Å². The number of carboxylic acids is 1. The van der Waals surface area contributed by atoms with Crippen LogP contribution in [0.4, 0.5) is 5.69 Å². The highest BCUT2D eigenvalue weighted by molar-refractivity contribution is 7.92. The second-order valence-electron chi connectivity index (χ2n) is 4.23. The summed E-state index contributed by atoms with van der Waals surface area (Å²) < 4.78 is 26.3. The summed E-state index contributed by atoms with van der Waals surface area (Å²) in [5.41, 5.74) is 0.463. The number of aryl methyl sites for hydroxylation is 1. The quantitative estimate of drug-likeness (QED) is 0.828. The predicted octanol–water partition coefficient (Wildman–Crippen LogP) is 1.16. The van der Waals surface area contributed by atoms with Crippen LogP contribution in [0.3, 0.4) is 0 Å². The van der Waals surface area contributed by atoms with Gasteiger partial charge >= 0.3 is 5.97 Å². The summed E-state index contributed by atoms with van der Waals surface area (Å²) in [4.78, 5) is 18.5. The van der Waals surface area contributed by atoms with Crippen LogP contribution >= 0.6 is 0 Å². The van der Waals surface area contributed by atoms with E-state index >= 15 is 0 Å². The number of anilines is 1. The van der Waals surface area contributed by atoms with Gasteiger partial charge in [0.25, 0.3) is 0 Å². The highest BCUT2D eigenvalue weighted by Gasteiger charge is 2.17.